The number of hydrogen-bond acceptors (Lipinski definition) is 6. The van der Waals surface area contributed by atoms with Crippen LogP contribution in [-0.4, -0.2) is 46.7 Å². The van der Waals surface area contributed by atoms with Crippen molar-refractivity contribution >= 4 is 45.2 Å². The molecule has 0 radical (unpaired) electrons. The van der Waals surface area contributed by atoms with Crippen LogP contribution in [0.2, 0.25) is 0 Å². The van der Waals surface area contributed by atoms with Gasteiger partial charge in [-0.1, -0.05) is 30.3 Å². The van der Waals surface area contributed by atoms with Gasteiger partial charge in [-0.3, -0.25) is 4.79 Å². The smallest absolute Gasteiger partial charge is 0.356 e. The van der Waals surface area contributed by atoms with Gasteiger partial charge in [0.15, 0.2) is 5.69 Å². The topological polar surface area (TPSA) is 110 Å². The van der Waals surface area contributed by atoms with Crippen molar-refractivity contribution < 1.29 is 19.1 Å². The van der Waals surface area contributed by atoms with Gasteiger partial charge in [-0.25, -0.2) is 9.78 Å². The molecule has 1 atom stereocenters. The van der Waals surface area contributed by atoms with Gasteiger partial charge in [-0.2, -0.15) is 0 Å². The molecule has 5 rings (SSSR count). The first kappa shape index (κ1) is 27.8. The first-order valence-corrected chi connectivity index (χ1v) is 13.7. The second kappa shape index (κ2) is 12.2. The van der Waals surface area contributed by atoms with Gasteiger partial charge in [0, 0.05) is 42.0 Å². The van der Waals surface area contributed by atoms with Gasteiger partial charge in [-0.15, -0.1) is 0 Å². The zero-order valence-electron chi connectivity index (χ0n) is 23.8. The van der Waals surface area contributed by atoms with Crippen LogP contribution in [0.15, 0.2) is 67.0 Å². The lowest BCUT2D eigenvalue weighted by Gasteiger charge is -2.15. The van der Waals surface area contributed by atoms with Crippen LogP contribution in [0.4, 0.5) is 11.4 Å². The number of aromatic nitrogens is 3. The third kappa shape index (κ3) is 6.04. The molecule has 3 heterocycles. The molecule has 5 aromatic rings. The Morgan fingerprint density at radius 1 is 1.05 bits per heavy atom. The molecule has 0 bridgehead atoms. The number of hydrogen-bond donors (Lipinski definition) is 3. The number of nitrogens with zero attached hydrogens (tertiary/aromatic N) is 2. The number of aryl methyl sites for hydroxylation is 3. The van der Waals surface area contributed by atoms with E-state index in [0.717, 1.165) is 40.7 Å². The maximum Gasteiger partial charge on any atom is 0.356 e. The number of anilines is 2. The number of amides is 1. The number of H-pyrrole nitrogens is 1. The average molecular weight is 554 g/mol. The first-order chi connectivity index (χ1) is 19.9. The van der Waals surface area contributed by atoms with Crippen molar-refractivity contribution in [3.63, 3.8) is 0 Å². The highest BCUT2D eigenvalue weighted by Crippen LogP contribution is 2.33. The quantitative estimate of drug-likeness (QED) is 0.175. The molecule has 3 aromatic heterocycles. The third-order valence-electron chi connectivity index (χ3n) is 7.30. The number of fused-ring (bicyclic) bond motifs is 2. The summed E-state index contributed by atoms with van der Waals surface area (Å²) in [4.78, 5) is 33.3. The van der Waals surface area contributed by atoms with E-state index in [1.165, 1.54) is 19.6 Å². The summed E-state index contributed by atoms with van der Waals surface area (Å²) in [5, 5.41) is 8.20. The van der Waals surface area contributed by atoms with Crippen LogP contribution < -0.4 is 15.4 Å². The molecule has 41 heavy (non-hydrogen) atoms. The Morgan fingerprint density at radius 3 is 2.56 bits per heavy atom. The van der Waals surface area contributed by atoms with Crippen molar-refractivity contribution in [2.24, 2.45) is 0 Å². The minimum atomic E-state index is -0.534. The minimum Gasteiger partial charge on any atom is -0.497 e. The molecule has 9 heteroatoms. The van der Waals surface area contributed by atoms with E-state index in [0.29, 0.717) is 29.7 Å². The van der Waals surface area contributed by atoms with Crippen LogP contribution in [0.5, 0.6) is 5.75 Å². The zero-order chi connectivity index (χ0) is 28.9. The summed E-state index contributed by atoms with van der Waals surface area (Å²) in [7, 11) is 3.00. The summed E-state index contributed by atoms with van der Waals surface area (Å²) < 4.78 is 12.2. The van der Waals surface area contributed by atoms with E-state index in [1.54, 1.807) is 13.3 Å². The molecule has 0 aliphatic heterocycles. The average Bonchev–Trinajstić information content (AvgIpc) is 3.53. The standard InChI is InChI=1S/C32H35N5O4/c1-20(9-10-22-11-13-25(40-3)14-12-22)35-24-17-27-29(36-21(2)38)30(32(39)41-4)37(31(27)34-19-24)16-15-23-18-33-28-8-6-5-7-26(23)28/h5-8,11-14,17-20,33,35H,9-10,15-16H2,1-4H3,(H,36,38). The lowest BCUT2D eigenvalue weighted by atomic mass is 10.1. The lowest BCUT2D eigenvalue weighted by Crippen LogP contribution is -2.16. The molecule has 0 saturated carbocycles. The number of rotatable bonds is 11. The number of carbonyl (C=O) groups excluding carboxylic acids is 2. The highest BCUT2D eigenvalue weighted by atomic mass is 16.5. The highest BCUT2D eigenvalue weighted by molar-refractivity contribution is 6.11. The van der Waals surface area contributed by atoms with E-state index < -0.39 is 5.97 Å². The van der Waals surface area contributed by atoms with Crippen LogP contribution >= 0.6 is 0 Å². The Morgan fingerprint density at radius 2 is 1.83 bits per heavy atom. The molecule has 2 aromatic carbocycles. The second-order valence-corrected chi connectivity index (χ2v) is 10.2. The Labute approximate surface area is 238 Å². The minimum absolute atomic E-state index is 0.157. The second-order valence-electron chi connectivity index (χ2n) is 10.2. The van der Waals surface area contributed by atoms with Crippen molar-refractivity contribution in [2.45, 2.75) is 45.7 Å². The van der Waals surface area contributed by atoms with Gasteiger partial charge < -0.3 is 29.7 Å². The maximum absolute atomic E-state index is 13.1. The number of methoxy groups -OCH3 is 2. The van der Waals surface area contributed by atoms with E-state index in [-0.39, 0.29) is 17.6 Å². The Hall–Kier alpha value is -4.79. The first-order valence-electron chi connectivity index (χ1n) is 13.7. The fourth-order valence-electron chi connectivity index (χ4n) is 5.24. The number of pyridine rings is 1. The molecule has 0 saturated heterocycles. The normalized spacial score (nSPS) is 11.9. The summed E-state index contributed by atoms with van der Waals surface area (Å²) >= 11 is 0. The fourth-order valence-corrected chi connectivity index (χ4v) is 5.24. The number of ether oxygens (including phenoxy) is 2. The molecule has 3 N–H and O–H groups in total. The van der Waals surface area contributed by atoms with E-state index in [2.05, 4.69) is 40.7 Å². The number of nitrogens with one attached hydrogen (secondary N) is 3. The summed E-state index contributed by atoms with van der Waals surface area (Å²) in [5.41, 5.74) is 5.50. The summed E-state index contributed by atoms with van der Waals surface area (Å²) in [6.45, 7) is 4.02. The summed E-state index contributed by atoms with van der Waals surface area (Å²) in [6.07, 6.45) is 6.23. The Bertz CT molecular complexity index is 1690. The summed E-state index contributed by atoms with van der Waals surface area (Å²) in [6, 6.07) is 18.3. The number of esters is 1. The molecule has 0 aliphatic rings. The molecule has 0 spiro atoms. The molecular formula is C32H35N5O4. The largest absolute Gasteiger partial charge is 0.497 e. The van der Waals surface area contributed by atoms with E-state index in [9.17, 15) is 9.59 Å². The van der Waals surface area contributed by atoms with Crippen LogP contribution in [0, 0.1) is 0 Å². The molecular weight excluding hydrogens is 518 g/mol. The Balaban J connectivity index is 1.43. The van der Waals surface area contributed by atoms with Gasteiger partial charge in [0.25, 0.3) is 0 Å². The predicted octanol–water partition coefficient (Wildman–Crippen LogP) is 5.95. The number of aromatic amines is 1. The van der Waals surface area contributed by atoms with Crippen molar-refractivity contribution in [2.75, 3.05) is 24.9 Å². The highest BCUT2D eigenvalue weighted by Gasteiger charge is 2.26. The monoisotopic (exact) mass is 553 g/mol. The van der Waals surface area contributed by atoms with Crippen molar-refractivity contribution in [3.8, 4) is 5.75 Å². The van der Waals surface area contributed by atoms with Gasteiger partial charge in [0.05, 0.1) is 31.8 Å². The predicted molar refractivity (Wildman–Crippen MR) is 162 cm³/mol. The van der Waals surface area contributed by atoms with E-state index >= 15 is 0 Å². The lowest BCUT2D eigenvalue weighted by molar-refractivity contribution is -0.114. The zero-order valence-corrected chi connectivity index (χ0v) is 23.8. The van der Waals surface area contributed by atoms with Crippen LogP contribution in [-0.2, 0) is 28.9 Å². The van der Waals surface area contributed by atoms with Crippen molar-refractivity contribution in [1.29, 1.82) is 0 Å². The summed E-state index contributed by atoms with van der Waals surface area (Å²) in [5.74, 6) is 0.0269. The van der Waals surface area contributed by atoms with Gasteiger partial charge in [0.1, 0.15) is 11.4 Å². The number of benzene rings is 2. The molecule has 9 nitrogen and oxygen atoms in total. The molecule has 0 fully saturated rings. The van der Waals surface area contributed by atoms with Gasteiger partial charge >= 0.3 is 5.97 Å². The Kier molecular flexibility index (Phi) is 8.24. The van der Waals surface area contributed by atoms with Gasteiger partial charge in [0.2, 0.25) is 5.91 Å². The molecule has 0 aliphatic carbocycles. The van der Waals surface area contributed by atoms with E-state index in [1.807, 2.05) is 47.2 Å². The molecule has 212 valence electrons. The number of carbonyl (C=O) groups is 2. The van der Waals surface area contributed by atoms with Crippen LogP contribution in [0.25, 0.3) is 21.9 Å². The van der Waals surface area contributed by atoms with Crippen molar-refractivity contribution in [1.82, 2.24) is 14.5 Å². The van der Waals surface area contributed by atoms with Crippen LogP contribution in [0.3, 0.4) is 0 Å². The molecule has 1 unspecified atom stereocenters. The van der Waals surface area contributed by atoms with Gasteiger partial charge in [-0.05, 0) is 61.6 Å². The number of para-hydroxylation sites is 1. The third-order valence-corrected chi connectivity index (χ3v) is 7.30. The fraction of sp³-hybridized carbons (Fsp3) is 0.281. The van der Waals surface area contributed by atoms with Crippen LogP contribution in [0.1, 0.15) is 41.9 Å². The van der Waals surface area contributed by atoms with Crippen molar-refractivity contribution in [3.05, 3.63) is 83.8 Å². The SMILES string of the molecule is COC(=O)c1c(NC(C)=O)c2cc(NC(C)CCc3ccc(OC)cc3)cnc2n1CCc1c[nH]c2ccccc12. The van der Waals surface area contributed by atoms with E-state index in [4.69, 9.17) is 14.5 Å². The molecule has 1 amide bonds. The maximum atomic E-state index is 13.1.